The molecule has 1 aliphatic rings. The van der Waals surface area contributed by atoms with Crippen LogP contribution in [0.25, 0.3) is 11.1 Å². The van der Waals surface area contributed by atoms with E-state index in [1.165, 1.54) is 22.3 Å². The van der Waals surface area contributed by atoms with E-state index in [0.717, 1.165) is 0 Å². The minimum Gasteiger partial charge on any atom is -0.305 e. The zero-order chi connectivity index (χ0) is 15.3. The molecule has 2 aromatic carbocycles. The summed E-state index contributed by atoms with van der Waals surface area (Å²) in [5.41, 5.74) is 4.49. The van der Waals surface area contributed by atoms with Gasteiger partial charge in [-0.05, 0) is 11.1 Å². The predicted molar refractivity (Wildman–Crippen MR) is 87.9 cm³/mol. The van der Waals surface area contributed by atoms with Crippen molar-refractivity contribution in [2.45, 2.75) is 5.66 Å². The Bertz CT molecular complexity index is 887. The lowest BCUT2D eigenvalue weighted by atomic mass is 9.96. The van der Waals surface area contributed by atoms with Gasteiger partial charge in [-0.15, -0.1) is 0 Å². The molecule has 4 heteroatoms. The first-order valence-electron chi connectivity index (χ1n) is 7.58. The zero-order valence-electron chi connectivity index (χ0n) is 12.4. The summed E-state index contributed by atoms with van der Waals surface area (Å²) in [7, 11) is 0. The van der Waals surface area contributed by atoms with Gasteiger partial charge in [0, 0.05) is 35.9 Å². The fraction of sp³-hybridized carbons (Fsp3) is 0.0526. The number of hydrogen-bond acceptors (Lipinski definition) is 2. The number of nitrogens with zero attached hydrogens (tertiary/aromatic N) is 4. The van der Waals surface area contributed by atoms with Crippen molar-refractivity contribution < 1.29 is 0 Å². The Balaban J connectivity index is 1.99. The second-order valence-electron chi connectivity index (χ2n) is 5.70. The van der Waals surface area contributed by atoms with Crippen LogP contribution in [0.15, 0.2) is 86.0 Å². The molecule has 110 valence electrons. The van der Waals surface area contributed by atoms with Crippen molar-refractivity contribution in [3.8, 4) is 11.1 Å². The molecule has 0 radical (unpaired) electrons. The van der Waals surface area contributed by atoms with Crippen LogP contribution >= 0.6 is 0 Å². The summed E-state index contributed by atoms with van der Waals surface area (Å²) >= 11 is 0. The van der Waals surface area contributed by atoms with Gasteiger partial charge >= 0.3 is 0 Å². The number of fused-ring (bicyclic) bond motifs is 3. The van der Waals surface area contributed by atoms with E-state index in [1.54, 1.807) is 0 Å². The van der Waals surface area contributed by atoms with Crippen LogP contribution in [-0.2, 0) is 5.66 Å². The van der Waals surface area contributed by atoms with Crippen molar-refractivity contribution in [3.63, 3.8) is 0 Å². The molecule has 0 aliphatic heterocycles. The van der Waals surface area contributed by atoms with Gasteiger partial charge in [0.15, 0.2) is 5.66 Å². The molecule has 0 spiro atoms. The Kier molecular flexibility index (Phi) is 2.39. The number of aromatic nitrogens is 4. The van der Waals surface area contributed by atoms with Crippen molar-refractivity contribution in [2.24, 2.45) is 0 Å². The maximum absolute atomic E-state index is 4.30. The molecule has 0 unspecified atom stereocenters. The van der Waals surface area contributed by atoms with Crippen LogP contribution in [0.4, 0.5) is 0 Å². The van der Waals surface area contributed by atoms with Gasteiger partial charge in [-0.1, -0.05) is 48.5 Å². The Hall–Kier alpha value is -3.14. The minimum atomic E-state index is -0.486. The molecule has 23 heavy (non-hydrogen) atoms. The highest BCUT2D eigenvalue weighted by Gasteiger charge is 2.45. The lowest BCUT2D eigenvalue weighted by molar-refractivity contribution is 0.368. The van der Waals surface area contributed by atoms with Crippen LogP contribution in [0.5, 0.6) is 0 Å². The topological polar surface area (TPSA) is 35.6 Å². The molecular weight excluding hydrogens is 284 g/mol. The van der Waals surface area contributed by atoms with Crippen molar-refractivity contribution in [3.05, 3.63) is 97.1 Å². The van der Waals surface area contributed by atoms with E-state index in [2.05, 4.69) is 67.6 Å². The second kappa shape index (κ2) is 4.43. The summed E-state index contributed by atoms with van der Waals surface area (Å²) in [4.78, 5) is 8.59. The average molecular weight is 298 g/mol. The molecule has 2 heterocycles. The highest BCUT2D eigenvalue weighted by Crippen LogP contribution is 2.50. The first-order valence-corrected chi connectivity index (χ1v) is 7.58. The summed E-state index contributed by atoms with van der Waals surface area (Å²) in [6.07, 6.45) is 11.4. The van der Waals surface area contributed by atoms with E-state index in [-0.39, 0.29) is 0 Å². The molecule has 4 nitrogen and oxygen atoms in total. The highest BCUT2D eigenvalue weighted by molar-refractivity contribution is 5.80. The van der Waals surface area contributed by atoms with Crippen LogP contribution in [0, 0.1) is 0 Å². The van der Waals surface area contributed by atoms with Gasteiger partial charge < -0.3 is 9.13 Å². The summed E-state index contributed by atoms with van der Waals surface area (Å²) < 4.78 is 4.30. The molecule has 0 saturated heterocycles. The minimum absolute atomic E-state index is 0.486. The average Bonchev–Trinajstić information content (AvgIpc) is 3.34. The van der Waals surface area contributed by atoms with Gasteiger partial charge in [0.05, 0.1) is 12.7 Å². The van der Waals surface area contributed by atoms with Crippen molar-refractivity contribution in [2.75, 3.05) is 0 Å². The van der Waals surface area contributed by atoms with Crippen molar-refractivity contribution in [1.29, 1.82) is 0 Å². The second-order valence-corrected chi connectivity index (χ2v) is 5.70. The summed E-state index contributed by atoms with van der Waals surface area (Å²) in [6, 6.07) is 17.1. The van der Waals surface area contributed by atoms with E-state index in [4.69, 9.17) is 0 Å². The highest BCUT2D eigenvalue weighted by atomic mass is 15.3. The zero-order valence-corrected chi connectivity index (χ0v) is 12.4. The number of benzene rings is 2. The van der Waals surface area contributed by atoms with Gasteiger partial charge in [0.25, 0.3) is 0 Å². The molecule has 0 saturated carbocycles. The lowest BCUT2D eigenvalue weighted by Gasteiger charge is -2.34. The standard InChI is InChI=1S/C19H14N4/c1-3-7-17-15(5-1)16-6-2-4-8-18(16)19(17,22-11-9-20-13-22)23-12-10-21-14-23/h1-14H. The normalized spacial score (nSPS) is 14.4. The quantitative estimate of drug-likeness (QED) is 0.501. The van der Waals surface area contributed by atoms with E-state index < -0.39 is 5.66 Å². The summed E-state index contributed by atoms with van der Waals surface area (Å²) in [5, 5.41) is 0. The molecular formula is C19H14N4. The fourth-order valence-electron chi connectivity index (χ4n) is 3.78. The van der Waals surface area contributed by atoms with Crippen LogP contribution < -0.4 is 0 Å². The number of rotatable bonds is 2. The van der Waals surface area contributed by atoms with Gasteiger partial charge in [0.2, 0.25) is 0 Å². The van der Waals surface area contributed by atoms with Crippen LogP contribution in [0.2, 0.25) is 0 Å². The third-order valence-electron chi connectivity index (χ3n) is 4.65. The predicted octanol–water partition coefficient (Wildman–Crippen LogP) is 3.36. The SMILES string of the molecule is c1ccc2c(c1)-c1ccccc1C2(n1ccnc1)n1ccnc1. The molecule has 1 aliphatic carbocycles. The molecule has 0 N–H and O–H groups in total. The summed E-state index contributed by atoms with van der Waals surface area (Å²) in [5.74, 6) is 0. The smallest absolute Gasteiger partial charge is 0.176 e. The van der Waals surface area contributed by atoms with Gasteiger partial charge in [-0.3, -0.25) is 0 Å². The molecule has 0 atom stereocenters. The van der Waals surface area contributed by atoms with Gasteiger partial charge in [-0.25, -0.2) is 9.97 Å². The molecule has 0 fully saturated rings. The molecule has 4 aromatic rings. The Morgan fingerprint density at radius 2 is 1.13 bits per heavy atom. The maximum atomic E-state index is 4.30. The fourth-order valence-corrected chi connectivity index (χ4v) is 3.78. The first-order chi connectivity index (χ1) is 11.4. The molecule has 0 bridgehead atoms. The first kappa shape index (κ1) is 12.4. The van der Waals surface area contributed by atoms with E-state index in [0.29, 0.717) is 0 Å². The Morgan fingerprint density at radius 1 is 0.652 bits per heavy atom. The largest absolute Gasteiger partial charge is 0.305 e. The van der Waals surface area contributed by atoms with Gasteiger partial charge in [0.1, 0.15) is 0 Å². The van der Waals surface area contributed by atoms with Crippen molar-refractivity contribution >= 4 is 0 Å². The third-order valence-corrected chi connectivity index (χ3v) is 4.65. The van der Waals surface area contributed by atoms with E-state index in [9.17, 15) is 0 Å². The molecule has 2 aromatic heterocycles. The number of hydrogen-bond donors (Lipinski definition) is 0. The van der Waals surface area contributed by atoms with Gasteiger partial charge in [-0.2, -0.15) is 0 Å². The van der Waals surface area contributed by atoms with Crippen LogP contribution in [0.3, 0.4) is 0 Å². The van der Waals surface area contributed by atoms with Crippen LogP contribution in [-0.4, -0.2) is 19.1 Å². The third kappa shape index (κ3) is 1.45. The van der Waals surface area contributed by atoms with Crippen molar-refractivity contribution in [1.82, 2.24) is 19.1 Å². The lowest BCUT2D eigenvalue weighted by Crippen LogP contribution is -2.40. The van der Waals surface area contributed by atoms with E-state index >= 15 is 0 Å². The Morgan fingerprint density at radius 3 is 1.57 bits per heavy atom. The number of imidazole rings is 2. The monoisotopic (exact) mass is 298 g/mol. The van der Waals surface area contributed by atoms with E-state index in [1.807, 2.05) is 37.4 Å². The Labute approximate surface area is 133 Å². The van der Waals surface area contributed by atoms with Crippen LogP contribution in [0.1, 0.15) is 11.1 Å². The maximum Gasteiger partial charge on any atom is 0.176 e. The molecule has 5 rings (SSSR count). The summed E-state index contributed by atoms with van der Waals surface area (Å²) in [6.45, 7) is 0. The molecule has 0 amide bonds.